The van der Waals surface area contributed by atoms with Gasteiger partial charge in [0.15, 0.2) is 5.13 Å². The minimum Gasteiger partial charge on any atom is -0.381 e. The maximum Gasteiger partial charge on any atom is 0.321 e. The van der Waals surface area contributed by atoms with Crippen molar-refractivity contribution >= 4 is 22.5 Å². The van der Waals surface area contributed by atoms with Gasteiger partial charge in [0.05, 0.1) is 24.9 Å². The van der Waals surface area contributed by atoms with E-state index in [-0.39, 0.29) is 18.1 Å². The Labute approximate surface area is 132 Å². The van der Waals surface area contributed by atoms with E-state index in [1.165, 1.54) is 4.88 Å². The summed E-state index contributed by atoms with van der Waals surface area (Å²) in [5.74, 6) is 0. The second-order valence-electron chi connectivity index (χ2n) is 5.97. The number of morpholine rings is 1. The van der Waals surface area contributed by atoms with E-state index in [1.807, 2.05) is 0 Å². The summed E-state index contributed by atoms with van der Waals surface area (Å²) < 4.78 is 10.9. The number of amides is 2. The number of urea groups is 1. The van der Waals surface area contributed by atoms with Gasteiger partial charge in [0.2, 0.25) is 0 Å². The third-order valence-electron chi connectivity index (χ3n) is 4.30. The van der Waals surface area contributed by atoms with Crippen LogP contribution in [0.3, 0.4) is 0 Å². The first kappa shape index (κ1) is 14.4. The summed E-state index contributed by atoms with van der Waals surface area (Å²) in [7, 11) is 0. The molecule has 2 saturated heterocycles. The fourth-order valence-corrected chi connectivity index (χ4v) is 4.24. The van der Waals surface area contributed by atoms with Crippen LogP contribution in [0, 0.1) is 0 Å². The average Bonchev–Trinajstić information content (AvgIpc) is 2.91. The van der Waals surface area contributed by atoms with Crippen LogP contribution < -0.4 is 16.0 Å². The highest BCUT2D eigenvalue weighted by Gasteiger charge is 2.33. The number of carbonyl (C=O) groups excluding carboxylic acids is 1. The molecule has 2 fully saturated rings. The van der Waals surface area contributed by atoms with Crippen molar-refractivity contribution in [1.82, 2.24) is 15.6 Å². The van der Waals surface area contributed by atoms with Crippen molar-refractivity contribution in [2.75, 3.05) is 31.7 Å². The molecule has 4 rings (SSSR count). The van der Waals surface area contributed by atoms with E-state index in [9.17, 15) is 4.79 Å². The van der Waals surface area contributed by atoms with Crippen LogP contribution in [0.1, 0.15) is 29.5 Å². The van der Waals surface area contributed by atoms with Gasteiger partial charge in [-0.2, -0.15) is 0 Å². The molecule has 7 nitrogen and oxygen atoms in total. The number of ether oxygens (including phenoxy) is 2. The molecule has 0 aromatic carbocycles. The lowest BCUT2D eigenvalue weighted by Crippen LogP contribution is -2.48. The molecule has 0 radical (unpaired) electrons. The van der Waals surface area contributed by atoms with Gasteiger partial charge in [-0.05, 0) is 12.8 Å². The molecule has 120 valence electrons. The van der Waals surface area contributed by atoms with Crippen LogP contribution >= 0.6 is 11.3 Å². The zero-order chi connectivity index (χ0) is 14.9. The number of carbonyl (C=O) groups is 1. The topological polar surface area (TPSA) is 84.5 Å². The molecule has 8 heteroatoms. The van der Waals surface area contributed by atoms with Crippen LogP contribution in [-0.4, -0.2) is 49.5 Å². The largest absolute Gasteiger partial charge is 0.381 e. The van der Waals surface area contributed by atoms with Gasteiger partial charge in [0.25, 0.3) is 0 Å². The molecule has 2 atom stereocenters. The quantitative estimate of drug-likeness (QED) is 0.757. The smallest absolute Gasteiger partial charge is 0.321 e. The van der Waals surface area contributed by atoms with Gasteiger partial charge in [-0.25, -0.2) is 9.78 Å². The van der Waals surface area contributed by atoms with Crippen LogP contribution in [0.2, 0.25) is 0 Å². The maximum atomic E-state index is 12.1. The summed E-state index contributed by atoms with van der Waals surface area (Å²) in [6.45, 7) is 2.84. The Morgan fingerprint density at radius 3 is 3.00 bits per heavy atom. The Morgan fingerprint density at radius 1 is 1.27 bits per heavy atom. The number of anilines is 1. The number of nitrogens with zero attached hydrogens (tertiary/aromatic N) is 1. The molecule has 0 aliphatic carbocycles. The fraction of sp³-hybridized carbons (Fsp3) is 0.714. The lowest BCUT2D eigenvalue weighted by Gasteiger charge is -2.34. The van der Waals surface area contributed by atoms with E-state index >= 15 is 0 Å². The van der Waals surface area contributed by atoms with Gasteiger partial charge in [0, 0.05) is 36.6 Å². The fourth-order valence-electron chi connectivity index (χ4n) is 3.21. The van der Waals surface area contributed by atoms with Crippen LogP contribution in [0.15, 0.2) is 0 Å². The van der Waals surface area contributed by atoms with Crippen molar-refractivity contribution < 1.29 is 14.3 Å². The summed E-state index contributed by atoms with van der Waals surface area (Å²) in [6.07, 6.45) is 2.60. The number of rotatable bonds is 2. The summed E-state index contributed by atoms with van der Waals surface area (Å²) in [4.78, 5) is 17.9. The van der Waals surface area contributed by atoms with Crippen molar-refractivity contribution in [1.29, 1.82) is 0 Å². The Kier molecular flexibility index (Phi) is 4.00. The van der Waals surface area contributed by atoms with E-state index in [0.29, 0.717) is 31.0 Å². The van der Waals surface area contributed by atoms with Gasteiger partial charge in [-0.3, -0.25) is 5.32 Å². The predicted molar refractivity (Wildman–Crippen MR) is 82.3 cm³/mol. The third kappa shape index (κ3) is 2.96. The zero-order valence-electron chi connectivity index (χ0n) is 12.3. The van der Waals surface area contributed by atoms with Crippen molar-refractivity contribution in [3.05, 3.63) is 10.6 Å². The minimum atomic E-state index is -0.176. The van der Waals surface area contributed by atoms with Crippen LogP contribution in [0.25, 0.3) is 0 Å². The molecule has 3 aliphatic heterocycles. The number of thiazole rings is 1. The Morgan fingerprint density at radius 2 is 2.14 bits per heavy atom. The predicted octanol–water partition coefficient (Wildman–Crippen LogP) is 1.03. The van der Waals surface area contributed by atoms with Crippen LogP contribution in [-0.2, 0) is 15.9 Å². The van der Waals surface area contributed by atoms with Crippen molar-refractivity contribution in [3.63, 3.8) is 0 Å². The van der Waals surface area contributed by atoms with E-state index in [4.69, 9.17) is 9.47 Å². The Balaban J connectivity index is 1.40. The molecule has 1 aromatic heterocycles. The second-order valence-corrected chi connectivity index (χ2v) is 7.00. The summed E-state index contributed by atoms with van der Waals surface area (Å²) in [5, 5.41) is 10.1. The van der Waals surface area contributed by atoms with Gasteiger partial charge in [-0.1, -0.05) is 11.3 Å². The highest BCUT2D eigenvalue weighted by molar-refractivity contribution is 7.16. The second kappa shape index (κ2) is 6.11. The molecular formula is C14H20N4O3S. The SMILES string of the molecule is O=C(Nc1nc2c(s1)[C@@H]1COC[C@H](C2)N1)NC1CCOCC1. The first-order valence-corrected chi connectivity index (χ1v) is 8.58. The lowest BCUT2D eigenvalue weighted by atomic mass is 10.0. The summed E-state index contributed by atoms with van der Waals surface area (Å²) >= 11 is 1.54. The highest BCUT2D eigenvalue weighted by Crippen LogP contribution is 2.35. The van der Waals surface area contributed by atoms with Gasteiger partial charge in [-0.15, -0.1) is 0 Å². The van der Waals surface area contributed by atoms with Gasteiger partial charge < -0.3 is 20.1 Å². The molecule has 3 N–H and O–H groups in total. The van der Waals surface area contributed by atoms with Crippen LogP contribution in [0.4, 0.5) is 9.93 Å². The molecular weight excluding hydrogens is 304 g/mol. The molecule has 3 aliphatic rings. The molecule has 22 heavy (non-hydrogen) atoms. The molecule has 0 saturated carbocycles. The molecule has 4 heterocycles. The summed E-state index contributed by atoms with van der Waals surface area (Å²) in [6, 6.07) is 0.578. The molecule has 0 spiro atoms. The summed E-state index contributed by atoms with van der Waals surface area (Å²) in [5.41, 5.74) is 1.10. The van der Waals surface area contributed by atoms with E-state index in [0.717, 1.165) is 31.6 Å². The standard InChI is InChI=1S/C14H20N4O3S/c19-13(16-8-1-3-20-4-2-8)18-14-17-10-5-9-6-21-7-11(15-9)12(10)22-14/h8-9,11,15H,1-7H2,(H2,16,17,18,19)/t9-,11-/m0/s1. The minimum absolute atomic E-state index is 0.176. The zero-order valence-corrected chi connectivity index (χ0v) is 13.1. The van der Waals surface area contributed by atoms with E-state index < -0.39 is 0 Å². The number of hydrogen-bond acceptors (Lipinski definition) is 6. The first-order chi connectivity index (χ1) is 10.8. The molecule has 0 unspecified atom stereocenters. The Bertz CT molecular complexity index is 558. The van der Waals surface area contributed by atoms with E-state index in [1.54, 1.807) is 11.3 Å². The normalized spacial score (nSPS) is 28.0. The monoisotopic (exact) mass is 324 g/mol. The molecule has 2 amide bonds. The number of hydrogen-bond donors (Lipinski definition) is 3. The van der Waals surface area contributed by atoms with Gasteiger partial charge >= 0.3 is 6.03 Å². The molecule has 2 bridgehead atoms. The van der Waals surface area contributed by atoms with E-state index in [2.05, 4.69) is 20.9 Å². The number of fused-ring (bicyclic) bond motifs is 4. The van der Waals surface area contributed by atoms with Crippen LogP contribution in [0.5, 0.6) is 0 Å². The van der Waals surface area contributed by atoms with Crippen molar-refractivity contribution in [2.45, 2.75) is 37.4 Å². The number of aromatic nitrogens is 1. The highest BCUT2D eigenvalue weighted by atomic mass is 32.1. The first-order valence-electron chi connectivity index (χ1n) is 7.76. The maximum absolute atomic E-state index is 12.1. The molecule has 1 aromatic rings. The Hall–Kier alpha value is -1.22. The lowest BCUT2D eigenvalue weighted by molar-refractivity contribution is 0.0395. The van der Waals surface area contributed by atoms with Crippen molar-refractivity contribution in [3.8, 4) is 0 Å². The third-order valence-corrected chi connectivity index (χ3v) is 5.43. The van der Waals surface area contributed by atoms with Crippen molar-refractivity contribution in [2.24, 2.45) is 0 Å². The number of nitrogens with one attached hydrogen (secondary N) is 3. The average molecular weight is 324 g/mol. The van der Waals surface area contributed by atoms with Gasteiger partial charge in [0.1, 0.15) is 0 Å².